The first-order valence-corrected chi connectivity index (χ1v) is 9.03. The highest BCUT2D eigenvalue weighted by Crippen LogP contribution is 2.28. The van der Waals surface area contributed by atoms with Gasteiger partial charge in [-0.3, -0.25) is 10.1 Å². The number of rotatable bonds is 7. The maximum atomic E-state index is 12.3. The van der Waals surface area contributed by atoms with Crippen molar-refractivity contribution in [1.29, 1.82) is 0 Å². The Hall–Kier alpha value is -3.37. The van der Waals surface area contributed by atoms with E-state index in [1.807, 2.05) is 35.7 Å². The highest BCUT2D eigenvalue weighted by molar-refractivity contribution is 7.14. The van der Waals surface area contributed by atoms with Gasteiger partial charge in [0.1, 0.15) is 6.33 Å². The molecule has 2 aromatic heterocycles. The number of primary amides is 1. The van der Waals surface area contributed by atoms with E-state index in [0.29, 0.717) is 10.8 Å². The molecule has 0 aliphatic carbocycles. The largest absolute Gasteiger partial charge is 0.434 e. The van der Waals surface area contributed by atoms with Gasteiger partial charge in [0.2, 0.25) is 6.10 Å². The van der Waals surface area contributed by atoms with Gasteiger partial charge in [0.05, 0.1) is 18.0 Å². The van der Waals surface area contributed by atoms with Crippen LogP contribution in [0.1, 0.15) is 0 Å². The van der Waals surface area contributed by atoms with E-state index in [0.717, 1.165) is 16.8 Å². The van der Waals surface area contributed by atoms with Crippen molar-refractivity contribution >= 4 is 28.5 Å². The Morgan fingerprint density at radius 2 is 2.04 bits per heavy atom. The van der Waals surface area contributed by atoms with Crippen LogP contribution in [0.15, 0.2) is 48.2 Å². The molecule has 0 saturated heterocycles. The number of amides is 2. The van der Waals surface area contributed by atoms with Crippen molar-refractivity contribution in [3.05, 3.63) is 48.2 Å². The molecule has 144 valence electrons. The Labute approximate surface area is 164 Å². The Balaban J connectivity index is 1.75. The van der Waals surface area contributed by atoms with Crippen molar-refractivity contribution in [2.75, 3.05) is 19.0 Å². The molecule has 3 aromatic rings. The highest BCUT2D eigenvalue weighted by atomic mass is 32.1. The molecule has 28 heavy (non-hydrogen) atoms. The zero-order chi connectivity index (χ0) is 19.9. The second-order valence-electron chi connectivity index (χ2n) is 5.58. The molecule has 3 N–H and O–H groups in total. The molecule has 0 radical (unpaired) electrons. The number of benzene rings is 1. The summed E-state index contributed by atoms with van der Waals surface area (Å²) in [6.45, 7) is -0.117. The number of methoxy groups -OCH3 is 1. The van der Waals surface area contributed by atoms with E-state index >= 15 is 0 Å². The number of nitrogens with one attached hydrogen (secondary N) is 1. The van der Waals surface area contributed by atoms with Crippen LogP contribution in [-0.2, 0) is 14.3 Å². The second-order valence-corrected chi connectivity index (χ2v) is 6.44. The first-order valence-electron chi connectivity index (χ1n) is 8.15. The minimum Gasteiger partial charge on any atom is -0.434 e. The molecule has 1 unspecified atom stereocenters. The summed E-state index contributed by atoms with van der Waals surface area (Å²) in [4.78, 5) is 35.7. The summed E-state index contributed by atoms with van der Waals surface area (Å²) in [7, 11) is 1.39. The van der Waals surface area contributed by atoms with Crippen LogP contribution in [0.3, 0.4) is 0 Å². The fourth-order valence-electron chi connectivity index (χ4n) is 2.40. The average molecular weight is 399 g/mol. The number of anilines is 1. The monoisotopic (exact) mass is 399 g/mol. The number of nitrogens with zero attached hydrogens (tertiary/aromatic N) is 3. The first kappa shape index (κ1) is 19.4. The van der Waals surface area contributed by atoms with E-state index in [4.69, 9.17) is 15.2 Å². The predicted octanol–water partition coefficient (Wildman–Crippen LogP) is 2.32. The number of aromatic nitrogens is 3. The summed E-state index contributed by atoms with van der Waals surface area (Å²) >= 11 is 1.25. The molecule has 2 amide bonds. The van der Waals surface area contributed by atoms with E-state index in [1.54, 1.807) is 6.20 Å². The van der Waals surface area contributed by atoms with Crippen molar-refractivity contribution in [2.45, 2.75) is 6.10 Å². The molecule has 9 nitrogen and oxygen atoms in total. The van der Waals surface area contributed by atoms with E-state index in [2.05, 4.69) is 20.3 Å². The van der Waals surface area contributed by atoms with Gasteiger partial charge in [-0.05, 0) is 12.1 Å². The van der Waals surface area contributed by atoms with Crippen LogP contribution in [-0.4, -0.2) is 46.8 Å². The fraction of sp³-hybridized carbons (Fsp3) is 0.167. The van der Waals surface area contributed by atoms with Crippen LogP contribution in [0.2, 0.25) is 0 Å². The van der Waals surface area contributed by atoms with Gasteiger partial charge in [-0.1, -0.05) is 18.2 Å². The SMILES string of the molecule is COCC(OC(N)=O)C(=O)Nc1nc(-c2cccc(-c3ccncn3)c2)cs1. The molecule has 0 saturated carbocycles. The molecule has 0 spiro atoms. The smallest absolute Gasteiger partial charge is 0.405 e. The van der Waals surface area contributed by atoms with Crippen molar-refractivity contribution in [2.24, 2.45) is 5.73 Å². The van der Waals surface area contributed by atoms with E-state index < -0.39 is 18.1 Å². The lowest BCUT2D eigenvalue weighted by Gasteiger charge is -2.14. The Morgan fingerprint density at radius 1 is 1.25 bits per heavy atom. The molecule has 1 aromatic carbocycles. The van der Waals surface area contributed by atoms with Gasteiger partial charge >= 0.3 is 6.09 Å². The molecule has 10 heteroatoms. The summed E-state index contributed by atoms with van der Waals surface area (Å²) in [5.41, 5.74) is 8.26. The van der Waals surface area contributed by atoms with Crippen molar-refractivity contribution < 1.29 is 19.1 Å². The van der Waals surface area contributed by atoms with E-state index in [-0.39, 0.29) is 6.61 Å². The summed E-state index contributed by atoms with van der Waals surface area (Å²) in [5, 5.41) is 4.78. The van der Waals surface area contributed by atoms with Gasteiger partial charge in [-0.25, -0.2) is 19.7 Å². The van der Waals surface area contributed by atoms with Gasteiger partial charge in [0.15, 0.2) is 5.13 Å². The lowest BCUT2D eigenvalue weighted by Crippen LogP contribution is -2.37. The molecular formula is C18H17N5O4S. The number of hydrogen-bond donors (Lipinski definition) is 2. The molecule has 0 aliphatic rings. The standard InChI is InChI=1S/C18H17N5O4S/c1-26-8-15(27-17(19)25)16(24)23-18-22-14(9-28-18)12-4-2-3-11(7-12)13-5-6-20-10-21-13/h2-7,9-10,15H,8H2,1H3,(H2,19,25)(H,22,23,24). The summed E-state index contributed by atoms with van der Waals surface area (Å²) < 4.78 is 9.62. The molecular weight excluding hydrogens is 382 g/mol. The lowest BCUT2D eigenvalue weighted by atomic mass is 10.1. The normalized spacial score (nSPS) is 11.6. The van der Waals surface area contributed by atoms with Crippen LogP contribution >= 0.6 is 11.3 Å². The van der Waals surface area contributed by atoms with Gasteiger partial charge in [-0.2, -0.15) is 0 Å². The van der Waals surface area contributed by atoms with Gasteiger partial charge < -0.3 is 15.2 Å². The quantitative estimate of drug-likeness (QED) is 0.623. The number of ether oxygens (including phenoxy) is 2. The summed E-state index contributed by atoms with van der Waals surface area (Å²) in [6, 6.07) is 9.53. The molecule has 3 rings (SSSR count). The third kappa shape index (κ3) is 4.87. The predicted molar refractivity (Wildman–Crippen MR) is 104 cm³/mol. The van der Waals surface area contributed by atoms with Crippen LogP contribution in [0.4, 0.5) is 9.93 Å². The number of nitrogens with two attached hydrogens (primary N) is 1. The molecule has 1 atom stereocenters. The van der Waals surface area contributed by atoms with E-state index in [1.165, 1.54) is 24.8 Å². The molecule has 0 bridgehead atoms. The van der Waals surface area contributed by atoms with E-state index in [9.17, 15) is 9.59 Å². The zero-order valence-corrected chi connectivity index (χ0v) is 15.7. The average Bonchev–Trinajstić information content (AvgIpc) is 3.16. The van der Waals surface area contributed by atoms with Crippen molar-refractivity contribution in [3.8, 4) is 22.5 Å². The fourth-order valence-corrected chi connectivity index (χ4v) is 3.13. The van der Waals surface area contributed by atoms with Gasteiger partial charge in [-0.15, -0.1) is 11.3 Å². The highest BCUT2D eigenvalue weighted by Gasteiger charge is 2.23. The third-order valence-corrected chi connectivity index (χ3v) is 4.40. The first-order chi connectivity index (χ1) is 13.6. The minimum absolute atomic E-state index is 0.117. The Kier molecular flexibility index (Phi) is 6.25. The summed E-state index contributed by atoms with van der Waals surface area (Å²) in [5.74, 6) is -0.573. The van der Waals surface area contributed by atoms with Crippen molar-refractivity contribution in [1.82, 2.24) is 15.0 Å². The molecule has 0 aliphatic heterocycles. The van der Waals surface area contributed by atoms with Gasteiger partial charge in [0.25, 0.3) is 5.91 Å². The second kappa shape index (κ2) is 9.02. The molecule has 2 heterocycles. The Morgan fingerprint density at radius 3 is 2.71 bits per heavy atom. The number of carbonyl (C=O) groups excluding carboxylic acids is 2. The maximum absolute atomic E-state index is 12.3. The Bertz CT molecular complexity index is 963. The van der Waals surface area contributed by atoms with Gasteiger partial charge in [0, 0.05) is 29.8 Å². The van der Waals surface area contributed by atoms with Crippen LogP contribution in [0, 0.1) is 0 Å². The lowest BCUT2D eigenvalue weighted by molar-refractivity contribution is -0.126. The third-order valence-electron chi connectivity index (χ3n) is 3.64. The number of thiazole rings is 1. The molecule has 0 fully saturated rings. The van der Waals surface area contributed by atoms with Crippen LogP contribution in [0.25, 0.3) is 22.5 Å². The minimum atomic E-state index is -1.16. The topological polar surface area (TPSA) is 129 Å². The van der Waals surface area contributed by atoms with Crippen molar-refractivity contribution in [3.63, 3.8) is 0 Å². The summed E-state index contributed by atoms with van der Waals surface area (Å²) in [6.07, 6.45) is 0.952. The zero-order valence-electron chi connectivity index (χ0n) is 14.9. The van der Waals surface area contributed by atoms with Crippen LogP contribution < -0.4 is 11.1 Å². The van der Waals surface area contributed by atoms with Crippen LogP contribution in [0.5, 0.6) is 0 Å². The number of hydrogen-bond acceptors (Lipinski definition) is 8. The number of carbonyl (C=O) groups is 2. The maximum Gasteiger partial charge on any atom is 0.405 e.